The van der Waals surface area contributed by atoms with Gasteiger partial charge in [0, 0.05) is 55.1 Å². The highest BCUT2D eigenvalue weighted by atomic mass is 16.7. The van der Waals surface area contributed by atoms with E-state index < -0.39 is 6.29 Å². The number of hydrogen-bond acceptors (Lipinski definition) is 6. The highest BCUT2D eigenvalue weighted by molar-refractivity contribution is 5.89. The van der Waals surface area contributed by atoms with Crippen molar-refractivity contribution in [2.24, 2.45) is 5.92 Å². The van der Waals surface area contributed by atoms with Gasteiger partial charge in [0.05, 0.1) is 18.8 Å². The van der Waals surface area contributed by atoms with Crippen LogP contribution in [0.25, 0.3) is 0 Å². The third kappa shape index (κ3) is 7.39. The fraction of sp³-hybridized carbons (Fsp3) is 0.400. The van der Waals surface area contributed by atoms with Gasteiger partial charge in [-0.05, 0) is 49.4 Å². The minimum atomic E-state index is -0.598. The van der Waals surface area contributed by atoms with E-state index in [1.54, 1.807) is 0 Å². The van der Waals surface area contributed by atoms with E-state index in [1.807, 2.05) is 79.9 Å². The molecule has 1 fully saturated rings. The van der Waals surface area contributed by atoms with Crippen molar-refractivity contribution in [2.75, 3.05) is 32.0 Å². The Labute approximate surface area is 225 Å². The Kier molecular flexibility index (Phi) is 9.84. The molecule has 3 aromatic rings. The molecule has 1 aliphatic rings. The van der Waals surface area contributed by atoms with Gasteiger partial charge in [0.1, 0.15) is 0 Å². The van der Waals surface area contributed by atoms with Gasteiger partial charge >= 0.3 is 6.03 Å². The maximum Gasteiger partial charge on any atom is 0.319 e. The van der Waals surface area contributed by atoms with Gasteiger partial charge in [0.15, 0.2) is 6.29 Å². The molecule has 1 aliphatic heterocycles. The van der Waals surface area contributed by atoms with E-state index >= 15 is 0 Å². The van der Waals surface area contributed by atoms with Gasteiger partial charge in [-0.3, -0.25) is 4.98 Å². The molecule has 4 rings (SSSR count). The van der Waals surface area contributed by atoms with Gasteiger partial charge < -0.3 is 30.1 Å². The molecular weight excluding hydrogens is 480 g/mol. The summed E-state index contributed by atoms with van der Waals surface area (Å²) in [6.45, 7) is 6.17. The van der Waals surface area contributed by atoms with Crippen LogP contribution in [0.4, 0.5) is 10.5 Å². The molecule has 38 heavy (non-hydrogen) atoms. The summed E-state index contributed by atoms with van der Waals surface area (Å²) in [7, 11) is 2.10. The summed E-state index contributed by atoms with van der Waals surface area (Å²) >= 11 is 0. The number of hydrogen-bond donors (Lipinski definition) is 3. The van der Waals surface area contributed by atoms with Crippen LogP contribution in [-0.4, -0.2) is 53.8 Å². The molecule has 8 nitrogen and oxygen atoms in total. The number of ether oxygens (including phenoxy) is 2. The van der Waals surface area contributed by atoms with Gasteiger partial charge in [-0.1, -0.05) is 49.4 Å². The molecular formula is C30H38N4O4. The Balaban J connectivity index is 1.53. The number of amides is 2. The zero-order valence-corrected chi connectivity index (χ0v) is 22.3. The predicted octanol–water partition coefficient (Wildman–Crippen LogP) is 4.68. The zero-order valence-electron chi connectivity index (χ0n) is 22.3. The normalized spacial score (nSPS) is 21.3. The first-order valence-electron chi connectivity index (χ1n) is 13.2. The number of carbonyl (C=O) groups is 1. The van der Waals surface area contributed by atoms with Gasteiger partial charge in [-0.2, -0.15) is 0 Å². The topological polar surface area (TPSA) is 96.0 Å². The highest BCUT2D eigenvalue weighted by Crippen LogP contribution is 2.42. The van der Waals surface area contributed by atoms with Crippen LogP contribution in [0, 0.1) is 5.92 Å². The third-order valence-electron chi connectivity index (χ3n) is 6.84. The number of carbonyl (C=O) groups excluding carboxylic acids is 1. The summed E-state index contributed by atoms with van der Waals surface area (Å²) in [5.74, 6) is 0.0835. The number of anilines is 1. The molecule has 1 saturated heterocycles. The lowest BCUT2D eigenvalue weighted by Gasteiger charge is -2.42. The van der Waals surface area contributed by atoms with E-state index in [1.165, 1.54) is 0 Å². The van der Waals surface area contributed by atoms with Crippen molar-refractivity contribution in [3.63, 3.8) is 0 Å². The molecule has 0 spiro atoms. The van der Waals surface area contributed by atoms with Crippen molar-refractivity contribution in [3.05, 3.63) is 95.3 Å². The molecule has 2 aromatic carbocycles. The van der Waals surface area contributed by atoms with Crippen molar-refractivity contribution in [1.82, 2.24) is 15.2 Å². The first kappa shape index (κ1) is 27.7. The molecule has 202 valence electrons. The van der Waals surface area contributed by atoms with Crippen LogP contribution < -0.4 is 10.6 Å². The standard InChI is InChI=1S/C30H38N4O4/c1-4-31-30(36)33-26-10-7-8-24(18-26)29-37-27(19-34(3)17-15-25-9-5-6-16-32-25)21(2)28(38-29)23-13-11-22(20-35)12-14-23/h5-14,16,18,21,27-29,35H,4,15,17,19-20H2,1-3H3,(H2,31,33,36)/t21-,27+,28+,29+/m0/s1. The summed E-state index contributed by atoms with van der Waals surface area (Å²) in [5, 5.41) is 15.1. The smallest absolute Gasteiger partial charge is 0.319 e. The van der Waals surface area contributed by atoms with Crippen molar-refractivity contribution in [3.8, 4) is 0 Å². The van der Waals surface area contributed by atoms with Crippen LogP contribution in [0.2, 0.25) is 0 Å². The van der Waals surface area contributed by atoms with Crippen LogP contribution in [0.15, 0.2) is 72.9 Å². The van der Waals surface area contributed by atoms with Gasteiger partial charge in [0.25, 0.3) is 0 Å². The second-order valence-corrected chi connectivity index (χ2v) is 9.77. The van der Waals surface area contributed by atoms with Gasteiger partial charge in [-0.15, -0.1) is 0 Å². The number of benzene rings is 2. The van der Waals surface area contributed by atoms with Crippen molar-refractivity contribution < 1.29 is 19.4 Å². The largest absolute Gasteiger partial charge is 0.392 e. The first-order valence-corrected chi connectivity index (χ1v) is 13.2. The van der Waals surface area contributed by atoms with Crippen molar-refractivity contribution in [2.45, 2.75) is 45.4 Å². The Morgan fingerprint density at radius 1 is 1.05 bits per heavy atom. The number of aromatic nitrogens is 1. The van der Waals surface area contributed by atoms with E-state index in [4.69, 9.17) is 9.47 Å². The number of urea groups is 1. The van der Waals surface area contributed by atoms with Gasteiger partial charge in [-0.25, -0.2) is 4.79 Å². The van der Waals surface area contributed by atoms with E-state index in [0.29, 0.717) is 12.2 Å². The second kappa shape index (κ2) is 13.5. The minimum Gasteiger partial charge on any atom is -0.392 e. The van der Waals surface area contributed by atoms with Crippen molar-refractivity contribution >= 4 is 11.7 Å². The molecule has 8 heteroatoms. The fourth-order valence-corrected chi connectivity index (χ4v) is 4.68. The Morgan fingerprint density at radius 2 is 1.87 bits per heavy atom. The SMILES string of the molecule is CCNC(=O)Nc1cccc([C@@H]2O[C@H](CN(C)CCc3ccccn3)[C@H](C)[C@H](c3ccc(CO)cc3)O2)c1. The van der Waals surface area contributed by atoms with E-state index in [2.05, 4.69) is 34.5 Å². The molecule has 0 radical (unpaired) electrons. The van der Waals surface area contributed by atoms with Crippen LogP contribution in [0.3, 0.4) is 0 Å². The number of aliphatic hydroxyl groups is 1. The monoisotopic (exact) mass is 518 g/mol. The van der Waals surface area contributed by atoms with Gasteiger partial charge in [0.2, 0.25) is 0 Å². The van der Waals surface area contributed by atoms with Crippen molar-refractivity contribution in [1.29, 1.82) is 0 Å². The number of nitrogens with zero attached hydrogens (tertiary/aromatic N) is 2. The highest BCUT2D eigenvalue weighted by Gasteiger charge is 2.38. The molecule has 0 unspecified atom stereocenters. The maximum absolute atomic E-state index is 12.1. The minimum absolute atomic E-state index is 0.00217. The summed E-state index contributed by atoms with van der Waals surface area (Å²) in [4.78, 5) is 18.8. The number of aliphatic hydroxyl groups excluding tert-OH is 1. The Bertz CT molecular complexity index is 1160. The van der Waals surface area contributed by atoms with E-state index in [9.17, 15) is 9.90 Å². The number of pyridine rings is 1. The van der Waals surface area contributed by atoms with Crippen LogP contribution in [-0.2, 0) is 22.5 Å². The lowest BCUT2D eigenvalue weighted by atomic mass is 9.90. The molecule has 4 atom stereocenters. The second-order valence-electron chi connectivity index (χ2n) is 9.77. The Hall–Kier alpha value is -3.30. The molecule has 3 N–H and O–H groups in total. The molecule has 0 saturated carbocycles. The molecule has 0 aliphatic carbocycles. The quantitative estimate of drug-likeness (QED) is 0.361. The summed E-state index contributed by atoms with van der Waals surface area (Å²) in [6.07, 6.45) is 1.79. The van der Waals surface area contributed by atoms with Crippen LogP contribution in [0.5, 0.6) is 0 Å². The number of nitrogens with one attached hydrogen (secondary N) is 2. The fourth-order valence-electron chi connectivity index (χ4n) is 4.68. The van der Waals surface area contributed by atoms with Crippen LogP contribution in [0.1, 0.15) is 48.6 Å². The molecule has 1 aromatic heterocycles. The summed E-state index contributed by atoms with van der Waals surface area (Å²) in [5.41, 5.74) is 4.48. The molecule has 0 bridgehead atoms. The third-order valence-corrected chi connectivity index (χ3v) is 6.84. The molecule has 2 amide bonds. The molecule has 2 heterocycles. The Morgan fingerprint density at radius 3 is 2.58 bits per heavy atom. The predicted molar refractivity (Wildman–Crippen MR) is 148 cm³/mol. The number of likely N-dealkylation sites (N-methyl/N-ethyl adjacent to an activating group) is 1. The summed E-state index contributed by atoms with van der Waals surface area (Å²) < 4.78 is 13.1. The average Bonchev–Trinajstić information content (AvgIpc) is 2.94. The maximum atomic E-state index is 12.1. The summed E-state index contributed by atoms with van der Waals surface area (Å²) in [6, 6.07) is 21.2. The zero-order chi connectivity index (χ0) is 26.9. The first-order chi connectivity index (χ1) is 18.5. The average molecular weight is 519 g/mol. The van der Waals surface area contributed by atoms with Crippen LogP contribution >= 0.6 is 0 Å². The van der Waals surface area contributed by atoms with E-state index in [-0.39, 0.29) is 30.8 Å². The van der Waals surface area contributed by atoms with E-state index in [0.717, 1.165) is 41.9 Å². The lowest BCUT2D eigenvalue weighted by Crippen LogP contribution is -2.44. The lowest BCUT2D eigenvalue weighted by molar-refractivity contribution is -0.275. The number of rotatable bonds is 10.